The van der Waals surface area contributed by atoms with E-state index in [9.17, 15) is 9.59 Å². The first kappa shape index (κ1) is 24.7. The highest BCUT2D eigenvalue weighted by atomic mass is 35.5. The first-order valence-corrected chi connectivity index (χ1v) is 12.2. The van der Waals surface area contributed by atoms with Gasteiger partial charge in [0.2, 0.25) is 5.91 Å². The molecule has 3 rings (SSSR count). The van der Waals surface area contributed by atoms with Crippen LogP contribution in [0.1, 0.15) is 29.6 Å². The predicted molar refractivity (Wildman–Crippen MR) is 129 cm³/mol. The lowest BCUT2D eigenvalue weighted by Gasteiger charge is -2.26. The standard InChI is InChI=1S/C23H26Cl2N2O4S/c1-30-23(29)22-19(25)13-16(24)14-20(22)26-21(28)15-32-18-7-5-17(6-8-18)31-12-11-27-9-3-2-4-10-27/h5-8,13-14H,2-4,9-12,15H2,1H3,(H,26,28). The zero-order valence-electron chi connectivity index (χ0n) is 17.9. The molecule has 0 atom stereocenters. The van der Waals surface area contributed by atoms with Crippen molar-refractivity contribution in [3.8, 4) is 5.75 Å². The number of anilines is 1. The van der Waals surface area contributed by atoms with Crippen molar-refractivity contribution in [1.82, 2.24) is 4.90 Å². The minimum absolute atomic E-state index is 0.0722. The number of ether oxygens (including phenoxy) is 2. The van der Waals surface area contributed by atoms with E-state index in [0.29, 0.717) is 11.6 Å². The molecule has 172 valence electrons. The van der Waals surface area contributed by atoms with E-state index >= 15 is 0 Å². The Morgan fingerprint density at radius 2 is 1.81 bits per heavy atom. The third-order valence-electron chi connectivity index (χ3n) is 5.04. The highest BCUT2D eigenvalue weighted by Crippen LogP contribution is 2.30. The number of hydrogen-bond acceptors (Lipinski definition) is 6. The van der Waals surface area contributed by atoms with Gasteiger partial charge in [0.15, 0.2) is 0 Å². The Balaban J connectivity index is 1.48. The molecular formula is C23H26Cl2N2O4S. The maximum Gasteiger partial charge on any atom is 0.341 e. The summed E-state index contributed by atoms with van der Waals surface area (Å²) in [6, 6.07) is 10.5. The number of thioether (sulfide) groups is 1. The summed E-state index contributed by atoms with van der Waals surface area (Å²) >= 11 is 13.5. The number of hydrogen-bond donors (Lipinski definition) is 1. The maximum absolute atomic E-state index is 12.4. The second kappa shape index (κ2) is 12.3. The van der Waals surface area contributed by atoms with Crippen molar-refractivity contribution >= 4 is 52.5 Å². The highest BCUT2D eigenvalue weighted by molar-refractivity contribution is 8.00. The van der Waals surface area contributed by atoms with Gasteiger partial charge in [-0.1, -0.05) is 29.6 Å². The molecule has 0 saturated carbocycles. The molecule has 0 unspecified atom stereocenters. The van der Waals surface area contributed by atoms with E-state index in [1.807, 2.05) is 24.3 Å². The Kier molecular flexibility index (Phi) is 9.53. The van der Waals surface area contributed by atoms with Gasteiger partial charge in [-0.3, -0.25) is 9.69 Å². The van der Waals surface area contributed by atoms with Gasteiger partial charge in [-0.25, -0.2) is 4.79 Å². The lowest BCUT2D eigenvalue weighted by Crippen LogP contribution is -2.33. The van der Waals surface area contributed by atoms with Crippen LogP contribution >= 0.6 is 35.0 Å². The molecule has 1 aliphatic heterocycles. The van der Waals surface area contributed by atoms with Crippen LogP contribution in [0.25, 0.3) is 0 Å². The van der Waals surface area contributed by atoms with E-state index in [1.54, 1.807) is 0 Å². The average molecular weight is 497 g/mol. The van der Waals surface area contributed by atoms with Gasteiger partial charge in [0.05, 0.1) is 23.6 Å². The molecule has 2 aromatic carbocycles. The number of nitrogens with one attached hydrogen (secondary N) is 1. The van der Waals surface area contributed by atoms with E-state index < -0.39 is 5.97 Å². The van der Waals surface area contributed by atoms with E-state index in [0.717, 1.165) is 30.3 Å². The van der Waals surface area contributed by atoms with Crippen molar-refractivity contribution in [3.05, 3.63) is 52.0 Å². The number of rotatable bonds is 9. The maximum atomic E-state index is 12.4. The number of esters is 1. The molecule has 1 aliphatic rings. The molecule has 1 N–H and O–H groups in total. The van der Waals surface area contributed by atoms with Crippen LogP contribution in [0.2, 0.25) is 10.0 Å². The lowest BCUT2D eigenvalue weighted by molar-refractivity contribution is -0.113. The zero-order chi connectivity index (χ0) is 22.9. The Bertz CT molecular complexity index is 934. The molecule has 6 nitrogen and oxygen atoms in total. The van der Waals surface area contributed by atoms with Crippen molar-refractivity contribution in [2.45, 2.75) is 24.2 Å². The fraction of sp³-hybridized carbons (Fsp3) is 0.391. The number of piperidine rings is 1. The van der Waals surface area contributed by atoms with Gasteiger partial charge >= 0.3 is 5.97 Å². The average Bonchev–Trinajstić information content (AvgIpc) is 2.78. The van der Waals surface area contributed by atoms with Gasteiger partial charge in [0.25, 0.3) is 0 Å². The van der Waals surface area contributed by atoms with E-state index in [1.165, 1.54) is 50.3 Å². The number of carbonyl (C=O) groups excluding carboxylic acids is 2. The fourth-order valence-electron chi connectivity index (χ4n) is 3.42. The van der Waals surface area contributed by atoms with Gasteiger partial charge in [-0.2, -0.15) is 0 Å². The number of nitrogens with zero attached hydrogens (tertiary/aromatic N) is 1. The second-order valence-corrected chi connectivity index (χ2v) is 9.25. The smallest absolute Gasteiger partial charge is 0.341 e. The monoisotopic (exact) mass is 496 g/mol. The van der Waals surface area contributed by atoms with Crippen molar-refractivity contribution in [3.63, 3.8) is 0 Å². The molecule has 0 spiro atoms. The second-order valence-electron chi connectivity index (χ2n) is 7.36. The minimum atomic E-state index is -0.648. The molecule has 2 aromatic rings. The van der Waals surface area contributed by atoms with Crippen LogP contribution in [0.3, 0.4) is 0 Å². The first-order chi connectivity index (χ1) is 15.5. The van der Waals surface area contributed by atoms with Gasteiger partial charge < -0.3 is 14.8 Å². The van der Waals surface area contributed by atoms with Crippen molar-refractivity contribution < 1.29 is 19.1 Å². The highest BCUT2D eigenvalue weighted by Gasteiger charge is 2.19. The lowest BCUT2D eigenvalue weighted by atomic mass is 10.1. The number of likely N-dealkylation sites (tertiary alicyclic amines) is 1. The molecule has 0 radical (unpaired) electrons. The molecule has 1 heterocycles. The van der Waals surface area contributed by atoms with Crippen LogP contribution in [0.4, 0.5) is 5.69 Å². The first-order valence-electron chi connectivity index (χ1n) is 10.4. The zero-order valence-corrected chi connectivity index (χ0v) is 20.2. The quantitative estimate of drug-likeness (QED) is 0.371. The van der Waals surface area contributed by atoms with Crippen LogP contribution in [0.5, 0.6) is 5.75 Å². The van der Waals surface area contributed by atoms with Crippen LogP contribution in [-0.2, 0) is 9.53 Å². The summed E-state index contributed by atoms with van der Waals surface area (Å²) < 4.78 is 10.6. The number of benzene rings is 2. The fourth-order valence-corrected chi connectivity index (χ4v) is 4.69. The van der Waals surface area contributed by atoms with Crippen LogP contribution in [0, 0.1) is 0 Å². The van der Waals surface area contributed by atoms with Gasteiger partial charge in [-0.15, -0.1) is 11.8 Å². The molecule has 0 aliphatic carbocycles. The van der Waals surface area contributed by atoms with Gasteiger partial charge in [-0.05, 0) is 62.3 Å². The van der Waals surface area contributed by atoms with Crippen molar-refractivity contribution in [1.29, 1.82) is 0 Å². The summed E-state index contributed by atoms with van der Waals surface area (Å²) in [7, 11) is 1.25. The summed E-state index contributed by atoms with van der Waals surface area (Å²) in [5, 5.41) is 3.11. The predicted octanol–water partition coefficient (Wildman–Crippen LogP) is 5.38. The normalized spacial score (nSPS) is 14.1. The van der Waals surface area contributed by atoms with E-state index in [2.05, 4.69) is 10.2 Å². The van der Waals surface area contributed by atoms with Crippen molar-refractivity contribution in [2.75, 3.05) is 44.4 Å². The summed E-state index contributed by atoms with van der Waals surface area (Å²) in [5.74, 6) is 0.0258. The summed E-state index contributed by atoms with van der Waals surface area (Å²) in [5.41, 5.74) is 0.292. The summed E-state index contributed by atoms with van der Waals surface area (Å²) in [6.07, 6.45) is 3.87. The Hall–Kier alpha value is -1.93. The largest absolute Gasteiger partial charge is 0.492 e. The molecular weight excluding hydrogens is 471 g/mol. The van der Waals surface area contributed by atoms with Gasteiger partial charge in [0.1, 0.15) is 17.9 Å². The SMILES string of the molecule is COC(=O)c1c(Cl)cc(Cl)cc1NC(=O)CSc1ccc(OCCN2CCCCC2)cc1. The molecule has 32 heavy (non-hydrogen) atoms. The van der Waals surface area contributed by atoms with E-state index in [-0.39, 0.29) is 27.9 Å². The molecule has 1 saturated heterocycles. The molecule has 9 heteroatoms. The number of halogens is 2. The van der Waals surface area contributed by atoms with E-state index in [4.69, 9.17) is 32.7 Å². The van der Waals surface area contributed by atoms with Crippen LogP contribution < -0.4 is 10.1 Å². The molecule has 0 aromatic heterocycles. The Labute approximate surface area is 202 Å². The number of amides is 1. The molecule has 1 amide bonds. The number of methoxy groups -OCH3 is 1. The minimum Gasteiger partial charge on any atom is -0.492 e. The Morgan fingerprint density at radius 3 is 2.50 bits per heavy atom. The van der Waals surface area contributed by atoms with Gasteiger partial charge in [0, 0.05) is 16.5 Å². The topological polar surface area (TPSA) is 67.9 Å². The summed E-state index contributed by atoms with van der Waals surface area (Å²) in [6.45, 7) is 3.92. The summed E-state index contributed by atoms with van der Waals surface area (Å²) in [4.78, 5) is 27.8. The molecule has 1 fully saturated rings. The molecule has 0 bridgehead atoms. The Morgan fingerprint density at radius 1 is 1.09 bits per heavy atom. The third kappa shape index (κ3) is 7.30. The van der Waals surface area contributed by atoms with Crippen molar-refractivity contribution in [2.24, 2.45) is 0 Å². The third-order valence-corrected chi connectivity index (χ3v) is 6.57. The van der Waals surface area contributed by atoms with Crippen LogP contribution in [0.15, 0.2) is 41.3 Å². The number of carbonyl (C=O) groups is 2. The van der Waals surface area contributed by atoms with Crippen LogP contribution in [-0.4, -0.2) is 55.9 Å².